The third-order valence-electron chi connectivity index (χ3n) is 0.892. The molecule has 0 radical (unpaired) electrons. The van der Waals surface area contributed by atoms with Crippen molar-refractivity contribution in [2.75, 3.05) is 0 Å². The molecular formula is C7H5OW-. The zero-order chi connectivity index (χ0) is 5.82. The Hall–Kier alpha value is -0.422. The molecule has 2 heteroatoms. The molecule has 0 atom stereocenters. The van der Waals surface area contributed by atoms with Crippen LogP contribution in [-0.4, -0.2) is 6.29 Å². The van der Waals surface area contributed by atoms with E-state index in [1.165, 1.54) is 0 Å². The van der Waals surface area contributed by atoms with Crippen molar-refractivity contribution in [1.82, 2.24) is 0 Å². The van der Waals surface area contributed by atoms with Gasteiger partial charge in [0.1, 0.15) is 0 Å². The largest absolute Gasteiger partial charge is 0.376 e. The van der Waals surface area contributed by atoms with Gasteiger partial charge < -0.3 is 4.79 Å². The molecule has 0 saturated carbocycles. The van der Waals surface area contributed by atoms with Gasteiger partial charge in [0.2, 0.25) is 0 Å². The molecule has 0 heterocycles. The third kappa shape index (κ3) is 2.57. The first-order valence-electron chi connectivity index (χ1n) is 2.36. The van der Waals surface area contributed by atoms with E-state index in [9.17, 15) is 4.79 Å². The van der Waals surface area contributed by atoms with Gasteiger partial charge in [0.25, 0.3) is 0 Å². The summed E-state index contributed by atoms with van der Waals surface area (Å²) in [5.74, 6) is 0. The second-order valence-corrected chi connectivity index (χ2v) is 1.47. The minimum atomic E-state index is 0. The van der Waals surface area contributed by atoms with E-state index in [0.717, 1.165) is 0 Å². The van der Waals surface area contributed by atoms with Gasteiger partial charge in [0, 0.05) is 21.1 Å². The Kier molecular flexibility index (Phi) is 4.25. The van der Waals surface area contributed by atoms with E-state index < -0.39 is 0 Å². The Labute approximate surface area is 68.3 Å². The summed E-state index contributed by atoms with van der Waals surface area (Å²) in [6.45, 7) is 0. The van der Waals surface area contributed by atoms with E-state index >= 15 is 0 Å². The minimum Gasteiger partial charge on any atom is -0.376 e. The fourth-order valence-electron chi connectivity index (χ4n) is 0.506. The van der Waals surface area contributed by atoms with Gasteiger partial charge in [-0.15, -0.1) is 12.1 Å². The van der Waals surface area contributed by atoms with Crippen LogP contribution in [0.25, 0.3) is 0 Å². The summed E-state index contributed by atoms with van der Waals surface area (Å²) in [7, 11) is 0. The van der Waals surface area contributed by atoms with Gasteiger partial charge in [-0.05, 0) is 0 Å². The Morgan fingerprint density at radius 3 is 2.00 bits per heavy atom. The summed E-state index contributed by atoms with van der Waals surface area (Å²) in [5, 5.41) is 0. The first-order chi connectivity index (χ1) is 3.93. The first-order valence-corrected chi connectivity index (χ1v) is 2.36. The van der Waals surface area contributed by atoms with E-state index in [1.807, 2.05) is 6.07 Å². The Bertz CT molecular complexity index is 172. The molecule has 0 aromatic heterocycles. The zero-order valence-corrected chi connectivity index (χ0v) is 7.64. The van der Waals surface area contributed by atoms with Crippen molar-refractivity contribution in [1.29, 1.82) is 0 Å². The second-order valence-electron chi connectivity index (χ2n) is 1.47. The van der Waals surface area contributed by atoms with Crippen molar-refractivity contribution in [2.24, 2.45) is 0 Å². The van der Waals surface area contributed by atoms with E-state index in [2.05, 4.69) is 0 Å². The molecule has 0 amide bonds. The normalized spacial score (nSPS) is 7.56. The van der Waals surface area contributed by atoms with Crippen molar-refractivity contribution in [3.05, 3.63) is 35.9 Å². The van der Waals surface area contributed by atoms with Crippen molar-refractivity contribution in [3.8, 4) is 0 Å². The molecular weight excluding hydrogens is 284 g/mol. The minimum absolute atomic E-state index is 0. The molecule has 1 rings (SSSR count). The predicted molar refractivity (Wildman–Crippen MR) is 31.2 cm³/mol. The summed E-state index contributed by atoms with van der Waals surface area (Å²) < 4.78 is 0. The van der Waals surface area contributed by atoms with Gasteiger partial charge in [0.05, 0.1) is 6.29 Å². The third-order valence-corrected chi connectivity index (χ3v) is 0.892. The molecule has 0 saturated heterocycles. The summed E-state index contributed by atoms with van der Waals surface area (Å²) in [6, 6.07) is 8.90. The number of benzene rings is 1. The van der Waals surface area contributed by atoms with Crippen molar-refractivity contribution in [3.63, 3.8) is 0 Å². The Morgan fingerprint density at radius 1 is 1.11 bits per heavy atom. The van der Waals surface area contributed by atoms with Crippen LogP contribution in [0.5, 0.6) is 0 Å². The van der Waals surface area contributed by atoms with Gasteiger partial charge in [-0.25, -0.2) is 0 Å². The average molecular weight is 289 g/mol. The quantitative estimate of drug-likeness (QED) is 0.709. The summed E-state index contributed by atoms with van der Waals surface area (Å²) in [5.41, 5.74) is 0.604. The molecule has 46 valence electrons. The van der Waals surface area contributed by atoms with E-state index in [-0.39, 0.29) is 21.1 Å². The smallest absolute Gasteiger partial charge is 0.0627 e. The monoisotopic (exact) mass is 289 g/mol. The van der Waals surface area contributed by atoms with Gasteiger partial charge >= 0.3 is 0 Å². The molecule has 0 spiro atoms. The number of hydrogen-bond acceptors (Lipinski definition) is 1. The summed E-state index contributed by atoms with van der Waals surface area (Å²) >= 11 is 0. The number of hydrogen-bond donors (Lipinski definition) is 0. The van der Waals surface area contributed by atoms with Crippen LogP contribution in [0.3, 0.4) is 0 Å². The first kappa shape index (κ1) is 8.58. The molecule has 0 fully saturated rings. The van der Waals surface area contributed by atoms with Crippen LogP contribution < -0.4 is 0 Å². The van der Waals surface area contributed by atoms with Gasteiger partial charge in [-0.1, -0.05) is 6.07 Å². The van der Waals surface area contributed by atoms with Crippen LogP contribution in [-0.2, 0) is 25.9 Å². The average Bonchev–Trinajstić information content (AvgIpc) is 1.90. The molecule has 1 aromatic rings. The summed E-state index contributed by atoms with van der Waals surface area (Å²) in [6.07, 6.45) is 1.78. The molecule has 1 aromatic carbocycles. The topological polar surface area (TPSA) is 17.1 Å². The van der Waals surface area contributed by atoms with Crippen LogP contribution >= 0.6 is 0 Å². The molecule has 0 aliphatic rings. The molecule has 9 heavy (non-hydrogen) atoms. The predicted octanol–water partition coefficient (Wildman–Crippen LogP) is 1.14. The fraction of sp³-hybridized carbons (Fsp3) is 0. The maximum atomic E-state index is 9.88. The fourth-order valence-corrected chi connectivity index (χ4v) is 0.506. The van der Waals surface area contributed by atoms with Gasteiger partial charge in [-0.3, -0.25) is 0 Å². The molecule has 0 bridgehead atoms. The Balaban J connectivity index is 0.000000640. The maximum absolute atomic E-state index is 9.88. The van der Waals surface area contributed by atoms with E-state index in [0.29, 0.717) is 5.56 Å². The van der Waals surface area contributed by atoms with Crippen LogP contribution in [0.4, 0.5) is 0 Å². The van der Waals surface area contributed by atoms with Gasteiger partial charge in [-0.2, -0.15) is 17.7 Å². The number of carbonyl (C=O) groups excluding carboxylic acids is 1. The van der Waals surface area contributed by atoms with E-state index in [1.54, 1.807) is 30.6 Å². The summed E-state index contributed by atoms with van der Waals surface area (Å²) in [4.78, 5) is 9.88. The SMILES string of the molecule is O=[C-]c1ccccc1.[W]. The van der Waals surface area contributed by atoms with Crippen molar-refractivity contribution in [2.45, 2.75) is 0 Å². The molecule has 0 aliphatic carbocycles. The maximum Gasteiger partial charge on any atom is 0.0627 e. The molecule has 0 N–H and O–H groups in total. The van der Waals surface area contributed by atoms with Gasteiger partial charge in [0.15, 0.2) is 0 Å². The van der Waals surface area contributed by atoms with Crippen molar-refractivity contribution >= 4 is 6.29 Å². The Morgan fingerprint density at radius 2 is 1.67 bits per heavy atom. The van der Waals surface area contributed by atoms with Crippen LogP contribution in [0.15, 0.2) is 30.3 Å². The standard InChI is InChI=1S/C7H5O.W/c8-6-7-4-2-1-3-5-7;/h1-5H;/q-1;. The molecule has 0 unspecified atom stereocenters. The van der Waals surface area contributed by atoms with E-state index in [4.69, 9.17) is 0 Å². The zero-order valence-electron chi connectivity index (χ0n) is 4.70. The number of rotatable bonds is 1. The molecule has 1 nitrogen and oxygen atoms in total. The second kappa shape index (κ2) is 4.46. The van der Waals surface area contributed by atoms with Crippen LogP contribution in [0, 0.1) is 0 Å². The van der Waals surface area contributed by atoms with Crippen molar-refractivity contribution < 1.29 is 25.9 Å². The van der Waals surface area contributed by atoms with Crippen LogP contribution in [0.2, 0.25) is 0 Å². The molecule has 0 aliphatic heterocycles. The van der Waals surface area contributed by atoms with Crippen LogP contribution in [0.1, 0.15) is 5.56 Å².